The Bertz CT molecular complexity index is 387. The quantitative estimate of drug-likeness (QED) is 0.448. The van der Waals surface area contributed by atoms with Gasteiger partial charge in [0.1, 0.15) is 0 Å². The van der Waals surface area contributed by atoms with Gasteiger partial charge in [0.25, 0.3) is 0 Å². The molecule has 0 atom stereocenters. The van der Waals surface area contributed by atoms with E-state index in [2.05, 4.69) is 69.1 Å². The van der Waals surface area contributed by atoms with E-state index in [1.165, 1.54) is 58.5 Å². The first-order valence-corrected chi connectivity index (χ1v) is 14.8. The molecule has 1 aliphatic rings. The molecule has 0 aromatic carbocycles. The average Bonchev–Trinajstić information content (AvgIpc) is 3.06. The minimum atomic E-state index is -3.03. The van der Waals surface area contributed by atoms with Crippen LogP contribution >= 0.6 is 0 Å². The summed E-state index contributed by atoms with van der Waals surface area (Å²) in [7, 11) is 0. The summed E-state index contributed by atoms with van der Waals surface area (Å²) in [6.45, 7) is 23.5. The Morgan fingerprint density at radius 2 is 1.17 bits per heavy atom. The van der Waals surface area contributed by atoms with Gasteiger partial charge in [-0.15, -0.1) is 0 Å². The summed E-state index contributed by atoms with van der Waals surface area (Å²) < 4.78 is 10.5. The van der Waals surface area contributed by atoms with Gasteiger partial charge in [0.2, 0.25) is 0 Å². The zero-order chi connectivity index (χ0) is 18.2. The van der Waals surface area contributed by atoms with E-state index in [9.17, 15) is 0 Å². The summed E-state index contributed by atoms with van der Waals surface area (Å²) >= 11 is -3.03. The molecule has 3 nitrogen and oxygen atoms in total. The Morgan fingerprint density at radius 3 is 1.50 bits per heavy atom. The Labute approximate surface area is 157 Å². The van der Waals surface area contributed by atoms with Crippen molar-refractivity contribution < 1.29 is 21.1 Å². The van der Waals surface area contributed by atoms with Crippen molar-refractivity contribution in [2.45, 2.75) is 67.7 Å². The van der Waals surface area contributed by atoms with Crippen LogP contribution < -0.4 is 0 Å². The molecule has 0 spiro atoms. The van der Waals surface area contributed by atoms with Crippen LogP contribution in [0, 0.1) is 0 Å². The molecule has 4 heteroatoms. The molecule has 0 aliphatic heterocycles. The molecule has 0 amide bonds. The van der Waals surface area contributed by atoms with E-state index in [0.29, 0.717) is 0 Å². The van der Waals surface area contributed by atoms with Gasteiger partial charge in [-0.25, -0.2) is 0 Å². The van der Waals surface area contributed by atoms with Crippen molar-refractivity contribution in [2.75, 3.05) is 39.3 Å². The van der Waals surface area contributed by atoms with Crippen molar-refractivity contribution in [2.24, 2.45) is 0 Å². The Morgan fingerprint density at radius 1 is 0.750 bits per heavy atom. The maximum atomic E-state index is 2.90. The van der Waals surface area contributed by atoms with E-state index in [4.69, 9.17) is 0 Å². The average molecular weight is 415 g/mol. The van der Waals surface area contributed by atoms with Crippen LogP contribution in [-0.2, 0) is 21.1 Å². The van der Waals surface area contributed by atoms with Gasteiger partial charge in [0.05, 0.1) is 0 Å². The van der Waals surface area contributed by atoms with Crippen molar-refractivity contribution in [3.8, 4) is 0 Å². The van der Waals surface area contributed by atoms with Crippen molar-refractivity contribution in [1.82, 2.24) is 8.53 Å². The van der Waals surface area contributed by atoms with Crippen LogP contribution in [0.4, 0.5) is 0 Å². The van der Waals surface area contributed by atoms with Crippen LogP contribution in [0.25, 0.3) is 0 Å². The first-order valence-electron chi connectivity index (χ1n) is 10.3. The minimum absolute atomic E-state index is 1.17. The summed E-state index contributed by atoms with van der Waals surface area (Å²) in [5, 5.41) is 0. The normalized spacial score (nSPS) is 15.6. The summed E-state index contributed by atoms with van der Waals surface area (Å²) in [5.74, 6) is 0. The SMILES string of the molecule is CCCC1=[C]([Zr]([N](CC)CC)([N](CC)CC)[N](CC)CC)CC=C1. The number of rotatable bonds is 12. The molecule has 24 heavy (non-hydrogen) atoms. The fourth-order valence-corrected chi connectivity index (χ4v) is 19.4. The molecule has 0 bridgehead atoms. The molecule has 0 saturated heterocycles. The molecule has 0 saturated carbocycles. The molecule has 0 heterocycles. The van der Waals surface area contributed by atoms with Gasteiger partial charge >= 0.3 is 158 Å². The van der Waals surface area contributed by atoms with Crippen LogP contribution in [-0.4, -0.2) is 47.8 Å². The van der Waals surface area contributed by atoms with Crippen LogP contribution in [0.5, 0.6) is 0 Å². The third kappa shape index (κ3) is 4.14. The van der Waals surface area contributed by atoms with E-state index in [1.54, 1.807) is 5.57 Å². The molecule has 0 aromatic rings. The van der Waals surface area contributed by atoms with Gasteiger partial charge in [0.15, 0.2) is 0 Å². The number of hydrogen-bond acceptors (Lipinski definition) is 3. The molecule has 1 rings (SSSR count). The summed E-state index contributed by atoms with van der Waals surface area (Å²) in [4.78, 5) is 0. The molecular formula is C20H41N3Zr. The van der Waals surface area contributed by atoms with Crippen LogP contribution in [0.1, 0.15) is 67.7 Å². The third-order valence-corrected chi connectivity index (χ3v) is 20.0. The van der Waals surface area contributed by atoms with Crippen LogP contribution in [0.2, 0.25) is 0 Å². The monoisotopic (exact) mass is 413 g/mol. The molecule has 0 N–H and O–H groups in total. The van der Waals surface area contributed by atoms with Gasteiger partial charge in [-0.05, 0) is 0 Å². The molecule has 0 radical (unpaired) electrons. The summed E-state index contributed by atoms with van der Waals surface area (Å²) in [6.07, 6.45) is 8.56. The summed E-state index contributed by atoms with van der Waals surface area (Å²) in [5.41, 5.74) is 1.67. The summed E-state index contributed by atoms with van der Waals surface area (Å²) in [6, 6.07) is 0. The van der Waals surface area contributed by atoms with Gasteiger partial charge < -0.3 is 0 Å². The third-order valence-electron chi connectivity index (χ3n) is 5.57. The molecule has 0 unspecified atom stereocenters. The fraction of sp³-hybridized carbons (Fsp3) is 0.800. The number of allylic oxidation sites excluding steroid dienone is 4. The van der Waals surface area contributed by atoms with E-state index in [-0.39, 0.29) is 0 Å². The first-order chi connectivity index (χ1) is 11.6. The second kappa shape index (κ2) is 11.1. The van der Waals surface area contributed by atoms with Gasteiger partial charge in [-0.3, -0.25) is 0 Å². The molecular weight excluding hydrogens is 373 g/mol. The van der Waals surface area contributed by atoms with Crippen molar-refractivity contribution in [3.63, 3.8) is 0 Å². The Hall–Kier alpha value is 0.243. The van der Waals surface area contributed by atoms with Gasteiger partial charge in [-0.2, -0.15) is 0 Å². The standard InChI is InChI=1S/C8H11.3C4H10N.Zr/c1-2-5-8-6-3-4-7-8;3*1-3-5-4-2;/h3,6H,2,4-5H2,1H3;3*3-4H2,1-2H3;/q;3*-1;+3. The Balaban J connectivity index is 3.65. The molecule has 0 fully saturated rings. The van der Waals surface area contributed by atoms with Gasteiger partial charge in [0, 0.05) is 0 Å². The predicted octanol–water partition coefficient (Wildman–Crippen LogP) is 4.92. The van der Waals surface area contributed by atoms with Crippen LogP contribution in [0.15, 0.2) is 21.0 Å². The molecule has 140 valence electrons. The van der Waals surface area contributed by atoms with Crippen molar-refractivity contribution in [1.29, 1.82) is 0 Å². The van der Waals surface area contributed by atoms with Crippen LogP contribution in [0.3, 0.4) is 0 Å². The number of nitrogens with zero attached hydrogens (tertiary/aromatic N) is 3. The number of hydrogen-bond donors (Lipinski definition) is 0. The second-order valence-electron chi connectivity index (χ2n) is 6.51. The Kier molecular flexibility index (Phi) is 10.3. The van der Waals surface area contributed by atoms with Gasteiger partial charge in [-0.1, -0.05) is 0 Å². The maximum absolute atomic E-state index is 3.03. The molecule has 0 aromatic heterocycles. The fourth-order valence-electron chi connectivity index (χ4n) is 4.57. The van der Waals surface area contributed by atoms with E-state index >= 15 is 0 Å². The predicted molar refractivity (Wildman–Crippen MR) is 104 cm³/mol. The van der Waals surface area contributed by atoms with E-state index in [1.807, 2.05) is 3.28 Å². The zero-order valence-electron chi connectivity index (χ0n) is 17.4. The topological polar surface area (TPSA) is 9.72 Å². The zero-order valence-corrected chi connectivity index (χ0v) is 19.8. The second-order valence-corrected chi connectivity index (χ2v) is 15.8. The first kappa shape index (κ1) is 22.3. The van der Waals surface area contributed by atoms with E-state index in [0.717, 1.165) is 0 Å². The molecule has 1 aliphatic carbocycles. The van der Waals surface area contributed by atoms with E-state index < -0.39 is 21.1 Å². The van der Waals surface area contributed by atoms with Crippen molar-refractivity contribution >= 4 is 0 Å². The van der Waals surface area contributed by atoms with Crippen molar-refractivity contribution in [3.05, 3.63) is 21.0 Å².